The SMILES string of the molecule is CCNC(=S)N/N=C(\C)C1=CC=CC1. The van der Waals surface area contributed by atoms with Crippen molar-refractivity contribution in [1.29, 1.82) is 0 Å². The van der Waals surface area contributed by atoms with E-state index >= 15 is 0 Å². The van der Waals surface area contributed by atoms with Gasteiger partial charge in [-0.15, -0.1) is 0 Å². The van der Waals surface area contributed by atoms with Crippen LogP contribution in [-0.4, -0.2) is 17.4 Å². The van der Waals surface area contributed by atoms with Crippen LogP contribution in [0, 0.1) is 0 Å². The molecule has 0 aliphatic heterocycles. The molecule has 0 aromatic heterocycles. The molecule has 1 aliphatic carbocycles. The summed E-state index contributed by atoms with van der Waals surface area (Å²) in [6.45, 7) is 4.78. The number of rotatable bonds is 3. The highest BCUT2D eigenvalue weighted by Gasteiger charge is 2.02. The molecular formula is C10H15N3S. The number of nitrogens with one attached hydrogen (secondary N) is 2. The second kappa shape index (κ2) is 5.54. The van der Waals surface area contributed by atoms with Gasteiger partial charge in [-0.1, -0.05) is 18.2 Å². The van der Waals surface area contributed by atoms with E-state index in [1.165, 1.54) is 5.57 Å². The highest BCUT2D eigenvalue weighted by molar-refractivity contribution is 7.80. The monoisotopic (exact) mass is 209 g/mol. The Kier molecular flexibility index (Phi) is 4.32. The van der Waals surface area contributed by atoms with E-state index in [2.05, 4.69) is 28.0 Å². The van der Waals surface area contributed by atoms with Crippen molar-refractivity contribution in [2.45, 2.75) is 20.3 Å². The Balaban J connectivity index is 2.40. The molecule has 0 atom stereocenters. The standard InChI is InChI=1S/C10H15N3S/c1-3-11-10(14)13-12-8(2)9-6-4-5-7-9/h4-6H,3,7H2,1-2H3,(H2,11,13,14)/b12-8+. The molecule has 0 bridgehead atoms. The Labute approximate surface area is 90.0 Å². The molecule has 0 aromatic carbocycles. The summed E-state index contributed by atoms with van der Waals surface area (Å²) in [6, 6.07) is 0. The van der Waals surface area contributed by atoms with E-state index in [-0.39, 0.29) is 0 Å². The lowest BCUT2D eigenvalue weighted by Gasteiger charge is -2.05. The molecule has 2 N–H and O–H groups in total. The topological polar surface area (TPSA) is 36.4 Å². The van der Waals surface area contributed by atoms with Crippen LogP contribution in [0.15, 0.2) is 28.9 Å². The Bertz CT molecular complexity index is 302. The normalized spacial score (nSPS) is 15.3. The number of hydrogen-bond acceptors (Lipinski definition) is 2. The van der Waals surface area contributed by atoms with Crippen LogP contribution < -0.4 is 10.7 Å². The Morgan fingerprint density at radius 2 is 2.43 bits per heavy atom. The van der Waals surface area contributed by atoms with Crippen LogP contribution in [0.1, 0.15) is 20.3 Å². The lowest BCUT2D eigenvalue weighted by molar-refractivity contribution is 0.900. The molecule has 0 saturated carbocycles. The summed E-state index contributed by atoms with van der Waals surface area (Å²) in [5, 5.41) is 7.72. The molecule has 14 heavy (non-hydrogen) atoms. The maximum absolute atomic E-state index is 4.98. The second-order valence-corrected chi connectivity index (χ2v) is 3.40. The van der Waals surface area contributed by atoms with Crippen LogP contribution in [0.5, 0.6) is 0 Å². The molecule has 0 aromatic rings. The summed E-state index contributed by atoms with van der Waals surface area (Å²) in [5.74, 6) is 0. The molecule has 0 radical (unpaired) electrons. The second-order valence-electron chi connectivity index (χ2n) is 2.99. The predicted molar refractivity (Wildman–Crippen MR) is 64.4 cm³/mol. The fourth-order valence-electron chi connectivity index (χ4n) is 1.12. The lowest BCUT2D eigenvalue weighted by atomic mass is 10.1. The van der Waals surface area contributed by atoms with E-state index in [0.717, 1.165) is 18.7 Å². The van der Waals surface area contributed by atoms with E-state index in [9.17, 15) is 0 Å². The zero-order valence-corrected chi connectivity index (χ0v) is 9.32. The Morgan fingerprint density at radius 3 is 3.00 bits per heavy atom. The van der Waals surface area contributed by atoms with E-state index in [1.54, 1.807) is 0 Å². The zero-order valence-electron chi connectivity index (χ0n) is 8.50. The Hall–Kier alpha value is -1.16. The van der Waals surface area contributed by atoms with Gasteiger partial charge in [0.25, 0.3) is 0 Å². The smallest absolute Gasteiger partial charge is 0.186 e. The third-order valence-electron chi connectivity index (χ3n) is 1.90. The number of thiocarbonyl (C=S) groups is 1. The minimum absolute atomic E-state index is 0.568. The van der Waals surface area contributed by atoms with Crippen LogP contribution in [0.3, 0.4) is 0 Å². The van der Waals surface area contributed by atoms with E-state index in [1.807, 2.05) is 19.9 Å². The summed E-state index contributed by atoms with van der Waals surface area (Å²) >= 11 is 4.98. The zero-order chi connectivity index (χ0) is 10.4. The summed E-state index contributed by atoms with van der Waals surface area (Å²) < 4.78 is 0. The van der Waals surface area contributed by atoms with Crippen LogP contribution in [0.4, 0.5) is 0 Å². The summed E-state index contributed by atoms with van der Waals surface area (Å²) in [4.78, 5) is 0. The van der Waals surface area contributed by atoms with Crippen molar-refractivity contribution in [3.05, 3.63) is 23.8 Å². The van der Waals surface area contributed by atoms with Gasteiger partial charge in [0, 0.05) is 6.54 Å². The number of nitrogens with zero attached hydrogens (tertiary/aromatic N) is 1. The summed E-state index contributed by atoms with van der Waals surface area (Å²) in [5.41, 5.74) is 5.01. The van der Waals surface area contributed by atoms with Gasteiger partial charge in [0.2, 0.25) is 0 Å². The van der Waals surface area contributed by atoms with Crippen LogP contribution in [0.25, 0.3) is 0 Å². The molecule has 1 rings (SSSR count). The van der Waals surface area contributed by atoms with Crippen molar-refractivity contribution >= 4 is 23.0 Å². The molecule has 1 aliphatic rings. The molecule has 0 spiro atoms. The molecule has 0 unspecified atom stereocenters. The molecular weight excluding hydrogens is 194 g/mol. The first-order valence-corrected chi connectivity index (χ1v) is 5.09. The lowest BCUT2D eigenvalue weighted by Crippen LogP contribution is -2.32. The first kappa shape index (κ1) is 10.9. The van der Waals surface area contributed by atoms with Crippen molar-refractivity contribution in [2.75, 3.05) is 6.54 Å². The van der Waals surface area contributed by atoms with Gasteiger partial charge in [-0.2, -0.15) is 5.10 Å². The molecule has 76 valence electrons. The van der Waals surface area contributed by atoms with Crippen LogP contribution in [-0.2, 0) is 0 Å². The molecule has 4 heteroatoms. The largest absolute Gasteiger partial charge is 0.362 e. The van der Waals surface area contributed by atoms with Gasteiger partial charge in [0.15, 0.2) is 5.11 Å². The van der Waals surface area contributed by atoms with Crippen molar-refractivity contribution < 1.29 is 0 Å². The van der Waals surface area contributed by atoms with Crippen LogP contribution >= 0.6 is 12.2 Å². The minimum atomic E-state index is 0.568. The highest BCUT2D eigenvalue weighted by atomic mass is 32.1. The first-order valence-electron chi connectivity index (χ1n) is 4.68. The number of allylic oxidation sites excluding steroid dienone is 4. The summed E-state index contributed by atoms with van der Waals surface area (Å²) in [7, 11) is 0. The van der Waals surface area contributed by atoms with Gasteiger partial charge < -0.3 is 5.32 Å². The van der Waals surface area contributed by atoms with E-state index in [0.29, 0.717) is 5.11 Å². The van der Waals surface area contributed by atoms with Crippen molar-refractivity contribution in [3.8, 4) is 0 Å². The Morgan fingerprint density at radius 1 is 1.64 bits per heavy atom. The quantitative estimate of drug-likeness (QED) is 0.422. The van der Waals surface area contributed by atoms with Crippen molar-refractivity contribution in [2.24, 2.45) is 5.10 Å². The van der Waals surface area contributed by atoms with Crippen molar-refractivity contribution in [3.63, 3.8) is 0 Å². The molecule has 0 fully saturated rings. The summed E-state index contributed by atoms with van der Waals surface area (Å²) in [6.07, 6.45) is 7.18. The molecule has 0 amide bonds. The number of hydrogen-bond donors (Lipinski definition) is 2. The van der Waals surface area contributed by atoms with Gasteiger partial charge in [-0.05, 0) is 38.1 Å². The van der Waals surface area contributed by atoms with E-state index in [4.69, 9.17) is 12.2 Å². The first-order chi connectivity index (χ1) is 6.74. The van der Waals surface area contributed by atoms with Gasteiger partial charge in [0.05, 0.1) is 5.71 Å². The fourth-order valence-corrected chi connectivity index (χ4v) is 1.31. The number of hydrazone groups is 1. The van der Waals surface area contributed by atoms with Gasteiger partial charge in [-0.3, -0.25) is 5.43 Å². The third kappa shape index (κ3) is 3.30. The van der Waals surface area contributed by atoms with Gasteiger partial charge in [0.1, 0.15) is 0 Å². The van der Waals surface area contributed by atoms with Crippen molar-refractivity contribution in [1.82, 2.24) is 10.7 Å². The van der Waals surface area contributed by atoms with Gasteiger partial charge in [-0.25, -0.2) is 0 Å². The minimum Gasteiger partial charge on any atom is -0.362 e. The maximum atomic E-state index is 4.98. The third-order valence-corrected chi connectivity index (χ3v) is 2.13. The highest BCUT2D eigenvalue weighted by Crippen LogP contribution is 2.11. The molecule has 0 heterocycles. The fraction of sp³-hybridized carbons (Fsp3) is 0.400. The average Bonchev–Trinajstić information content (AvgIpc) is 2.67. The maximum Gasteiger partial charge on any atom is 0.186 e. The van der Waals surface area contributed by atoms with E-state index < -0.39 is 0 Å². The predicted octanol–water partition coefficient (Wildman–Crippen LogP) is 1.73. The van der Waals surface area contributed by atoms with Crippen LogP contribution in [0.2, 0.25) is 0 Å². The average molecular weight is 209 g/mol. The van der Waals surface area contributed by atoms with Gasteiger partial charge >= 0.3 is 0 Å². The molecule has 0 saturated heterocycles. The molecule has 3 nitrogen and oxygen atoms in total.